The first-order valence-corrected chi connectivity index (χ1v) is 9.77. The molecule has 2 aromatic carbocycles. The fourth-order valence-corrected chi connectivity index (χ4v) is 3.51. The third-order valence-corrected chi connectivity index (χ3v) is 5.15. The zero-order chi connectivity index (χ0) is 20.9. The van der Waals surface area contributed by atoms with Crippen LogP contribution in [0.3, 0.4) is 0 Å². The van der Waals surface area contributed by atoms with Gasteiger partial charge in [0.25, 0.3) is 5.91 Å². The van der Waals surface area contributed by atoms with E-state index < -0.39 is 5.91 Å². The van der Waals surface area contributed by atoms with Crippen LogP contribution in [0.1, 0.15) is 16.9 Å². The SMILES string of the molecule is N#C/C(=C\c1cn(Cc2ccccc2Cl)c2ccccc12)C(=O)NCc1ccco1. The van der Waals surface area contributed by atoms with Gasteiger partial charge in [0.15, 0.2) is 0 Å². The van der Waals surface area contributed by atoms with Crippen LogP contribution in [0.4, 0.5) is 0 Å². The van der Waals surface area contributed by atoms with Gasteiger partial charge >= 0.3 is 0 Å². The fourth-order valence-electron chi connectivity index (χ4n) is 3.31. The van der Waals surface area contributed by atoms with Crippen LogP contribution in [0.15, 0.2) is 83.1 Å². The van der Waals surface area contributed by atoms with E-state index in [0.717, 1.165) is 22.0 Å². The van der Waals surface area contributed by atoms with Crippen molar-refractivity contribution in [1.82, 2.24) is 9.88 Å². The van der Waals surface area contributed by atoms with Crippen LogP contribution >= 0.6 is 11.6 Å². The molecule has 148 valence electrons. The molecule has 0 saturated carbocycles. The van der Waals surface area contributed by atoms with Gasteiger partial charge in [-0.3, -0.25) is 4.79 Å². The summed E-state index contributed by atoms with van der Waals surface area (Å²) in [5, 5.41) is 13.9. The molecule has 0 fully saturated rings. The molecule has 0 aliphatic rings. The summed E-state index contributed by atoms with van der Waals surface area (Å²) in [5.74, 6) is 0.175. The van der Waals surface area contributed by atoms with Crippen LogP contribution in [-0.4, -0.2) is 10.5 Å². The van der Waals surface area contributed by atoms with Gasteiger partial charge in [-0.05, 0) is 35.9 Å². The molecule has 4 aromatic rings. The number of benzene rings is 2. The number of hydrogen-bond acceptors (Lipinski definition) is 3. The lowest BCUT2D eigenvalue weighted by Gasteiger charge is -2.07. The molecule has 0 bridgehead atoms. The standard InChI is InChI=1S/C24H18ClN3O2/c25-22-9-3-1-6-17(22)15-28-16-19(21-8-2-4-10-23(21)28)12-18(13-26)24(29)27-14-20-7-5-11-30-20/h1-12,16H,14-15H2,(H,27,29)/b18-12+. The Bertz CT molecular complexity index is 1260. The van der Waals surface area contributed by atoms with Crippen LogP contribution in [0.2, 0.25) is 5.02 Å². The molecule has 1 amide bonds. The minimum absolute atomic E-state index is 0.0298. The van der Waals surface area contributed by atoms with E-state index in [4.69, 9.17) is 16.0 Å². The van der Waals surface area contributed by atoms with Crippen molar-refractivity contribution in [2.45, 2.75) is 13.1 Å². The number of nitrogens with zero attached hydrogens (tertiary/aromatic N) is 2. The summed E-state index contributed by atoms with van der Waals surface area (Å²) < 4.78 is 7.28. The molecular weight excluding hydrogens is 398 g/mol. The number of fused-ring (bicyclic) bond motifs is 1. The molecule has 0 spiro atoms. The maximum absolute atomic E-state index is 12.5. The van der Waals surface area contributed by atoms with Gasteiger partial charge in [-0.2, -0.15) is 5.26 Å². The van der Waals surface area contributed by atoms with E-state index in [9.17, 15) is 10.1 Å². The summed E-state index contributed by atoms with van der Waals surface area (Å²) in [7, 11) is 0. The maximum Gasteiger partial charge on any atom is 0.262 e. The molecule has 2 aromatic heterocycles. The average Bonchev–Trinajstić information content (AvgIpc) is 3.40. The Hall–Kier alpha value is -3.75. The number of carbonyl (C=O) groups is 1. The number of amides is 1. The Morgan fingerprint density at radius 2 is 1.93 bits per heavy atom. The van der Waals surface area contributed by atoms with Crippen LogP contribution in [0.25, 0.3) is 17.0 Å². The van der Waals surface area contributed by atoms with Crippen molar-refractivity contribution in [3.8, 4) is 6.07 Å². The van der Waals surface area contributed by atoms with Crippen molar-refractivity contribution < 1.29 is 9.21 Å². The van der Waals surface area contributed by atoms with Crippen molar-refractivity contribution in [3.05, 3.63) is 101 Å². The highest BCUT2D eigenvalue weighted by atomic mass is 35.5. The maximum atomic E-state index is 12.5. The quantitative estimate of drug-likeness (QED) is 0.349. The van der Waals surface area contributed by atoms with E-state index in [0.29, 0.717) is 17.3 Å². The third kappa shape index (κ3) is 4.14. The summed E-state index contributed by atoms with van der Waals surface area (Å²) in [6, 6.07) is 21.1. The molecule has 5 nitrogen and oxygen atoms in total. The molecule has 4 rings (SSSR count). The number of carbonyl (C=O) groups excluding carboxylic acids is 1. The summed E-state index contributed by atoms with van der Waals surface area (Å²) in [6.45, 7) is 0.805. The minimum atomic E-state index is -0.447. The second kappa shape index (κ2) is 8.73. The van der Waals surface area contributed by atoms with Crippen molar-refractivity contribution >= 4 is 34.5 Å². The summed E-state index contributed by atoms with van der Waals surface area (Å²) in [4.78, 5) is 12.5. The number of para-hydroxylation sites is 1. The molecule has 1 N–H and O–H groups in total. The largest absolute Gasteiger partial charge is 0.467 e. The van der Waals surface area contributed by atoms with Crippen molar-refractivity contribution in [2.24, 2.45) is 0 Å². The van der Waals surface area contributed by atoms with Crippen molar-refractivity contribution in [1.29, 1.82) is 5.26 Å². The third-order valence-electron chi connectivity index (χ3n) is 4.79. The topological polar surface area (TPSA) is 71.0 Å². The number of furan rings is 1. The predicted molar refractivity (Wildman–Crippen MR) is 117 cm³/mol. The Balaban J connectivity index is 1.65. The van der Waals surface area contributed by atoms with E-state index >= 15 is 0 Å². The number of nitriles is 1. The lowest BCUT2D eigenvalue weighted by Crippen LogP contribution is -2.23. The van der Waals surface area contributed by atoms with Gasteiger partial charge < -0.3 is 14.3 Å². The molecule has 0 aliphatic heterocycles. The Morgan fingerprint density at radius 1 is 1.13 bits per heavy atom. The Morgan fingerprint density at radius 3 is 2.70 bits per heavy atom. The highest BCUT2D eigenvalue weighted by Crippen LogP contribution is 2.26. The van der Waals surface area contributed by atoms with E-state index in [1.54, 1.807) is 18.2 Å². The summed E-state index contributed by atoms with van der Waals surface area (Å²) >= 11 is 6.33. The first-order valence-electron chi connectivity index (χ1n) is 9.39. The molecular formula is C24H18ClN3O2. The first-order chi connectivity index (χ1) is 14.7. The number of halogens is 1. The Labute approximate surface area is 178 Å². The summed E-state index contributed by atoms with van der Waals surface area (Å²) in [6.07, 6.45) is 5.09. The van der Waals surface area contributed by atoms with Gasteiger partial charge in [-0.25, -0.2) is 0 Å². The normalized spacial score (nSPS) is 11.4. The van der Waals surface area contributed by atoms with Crippen LogP contribution in [0, 0.1) is 11.3 Å². The monoisotopic (exact) mass is 415 g/mol. The van der Waals surface area contributed by atoms with E-state index in [-0.39, 0.29) is 12.1 Å². The van der Waals surface area contributed by atoms with Gasteiger partial charge in [-0.15, -0.1) is 0 Å². The highest BCUT2D eigenvalue weighted by molar-refractivity contribution is 6.31. The van der Waals surface area contributed by atoms with Crippen LogP contribution in [0.5, 0.6) is 0 Å². The molecule has 0 unspecified atom stereocenters. The van der Waals surface area contributed by atoms with E-state index in [1.165, 1.54) is 6.26 Å². The van der Waals surface area contributed by atoms with Gasteiger partial charge in [0.1, 0.15) is 17.4 Å². The Kier molecular flexibility index (Phi) is 5.69. The zero-order valence-corrected chi connectivity index (χ0v) is 16.8. The molecule has 0 saturated heterocycles. The first kappa shape index (κ1) is 19.6. The molecule has 0 aliphatic carbocycles. The molecule has 0 radical (unpaired) electrons. The van der Waals surface area contributed by atoms with Crippen LogP contribution in [-0.2, 0) is 17.9 Å². The summed E-state index contributed by atoms with van der Waals surface area (Å²) in [5.41, 5.74) is 2.81. The molecule has 30 heavy (non-hydrogen) atoms. The second-order valence-electron chi connectivity index (χ2n) is 6.75. The van der Waals surface area contributed by atoms with Crippen molar-refractivity contribution in [2.75, 3.05) is 0 Å². The fraction of sp³-hybridized carbons (Fsp3) is 0.0833. The van der Waals surface area contributed by atoms with Gasteiger partial charge in [0, 0.05) is 34.2 Å². The number of rotatable bonds is 6. The number of hydrogen-bond donors (Lipinski definition) is 1. The molecule has 6 heteroatoms. The van der Waals surface area contributed by atoms with Gasteiger partial charge in [0.2, 0.25) is 0 Å². The zero-order valence-electron chi connectivity index (χ0n) is 16.0. The van der Waals surface area contributed by atoms with Gasteiger partial charge in [0.05, 0.1) is 12.8 Å². The van der Waals surface area contributed by atoms with E-state index in [1.807, 2.05) is 60.8 Å². The minimum Gasteiger partial charge on any atom is -0.467 e. The van der Waals surface area contributed by atoms with Crippen molar-refractivity contribution in [3.63, 3.8) is 0 Å². The number of aromatic nitrogens is 1. The van der Waals surface area contributed by atoms with Crippen LogP contribution < -0.4 is 5.32 Å². The van der Waals surface area contributed by atoms with E-state index in [2.05, 4.69) is 9.88 Å². The smallest absolute Gasteiger partial charge is 0.262 e. The predicted octanol–water partition coefficient (Wildman–Crippen LogP) is 5.16. The molecule has 2 heterocycles. The lowest BCUT2D eigenvalue weighted by atomic mass is 10.1. The molecule has 0 atom stereocenters. The second-order valence-corrected chi connectivity index (χ2v) is 7.16. The highest BCUT2D eigenvalue weighted by Gasteiger charge is 2.13. The van der Waals surface area contributed by atoms with Gasteiger partial charge in [-0.1, -0.05) is 48.0 Å². The average molecular weight is 416 g/mol. The lowest BCUT2D eigenvalue weighted by molar-refractivity contribution is -0.117. The number of nitrogens with one attached hydrogen (secondary N) is 1.